The molecule has 248 valence electrons. The van der Waals surface area contributed by atoms with E-state index in [9.17, 15) is 10.1 Å². The van der Waals surface area contributed by atoms with Gasteiger partial charge < -0.3 is 5.32 Å². The van der Waals surface area contributed by atoms with Gasteiger partial charge in [0, 0.05) is 17.5 Å². The monoisotopic (exact) mass is 654 g/mol. The van der Waals surface area contributed by atoms with Crippen LogP contribution in [0.25, 0.3) is 11.1 Å². The first-order valence-electron chi connectivity index (χ1n) is 17.5. The first-order chi connectivity index (χ1) is 23.9. The maximum atomic E-state index is 12.4. The number of para-hydroxylation sites is 3. The second-order valence-electron chi connectivity index (χ2n) is 15.9. The largest absolute Gasteiger partial charge is 0.349 e. The molecule has 4 heteroatoms. The highest BCUT2D eigenvalue weighted by atomic mass is 16.6. The quantitative estimate of drug-likeness (QED) is 0.148. The molecule has 0 fully saturated rings. The van der Waals surface area contributed by atoms with Crippen LogP contribution in [0.4, 0.5) is 17.1 Å². The van der Waals surface area contributed by atoms with E-state index in [4.69, 9.17) is 0 Å². The minimum atomic E-state index is -0.672. The maximum absolute atomic E-state index is 12.4. The highest BCUT2D eigenvalue weighted by molar-refractivity contribution is 5.90. The van der Waals surface area contributed by atoms with Crippen LogP contribution in [0.5, 0.6) is 0 Å². The molecule has 6 aromatic carbocycles. The third-order valence-corrected chi connectivity index (χ3v) is 10.8. The van der Waals surface area contributed by atoms with E-state index in [1.54, 1.807) is 12.1 Å². The highest BCUT2D eigenvalue weighted by Crippen LogP contribution is 2.63. The molecule has 1 N–H and O–H groups in total. The van der Waals surface area contributed by atoms with Crippen LogP contribution in [0.15, 0.2) is 133 Å². The Hall–Kier alpha value is -5.48. The molecule has 50 heavy (non-hydrogen) atoms. The number of hydrogen-bond donors (Lipinski definition) is 1. The number of benzene rings is 6. The maximum Gasteiger partial charge on any atom is 0.292 e. The van der Waals surface area contributed by atoms with Crippen LogP contribution in [-0.4, -0.2) is 4.92 Å². The lowest BCUT2D eigenvalue weighted by Gasteiger charge is -2.51. The minimum Gasteiger partial charge on any atom is -0.349 e. The van der Waals surface area contributed by atoms with Crippen molar-refractivity contribution in [1.29, 1.82) is 0 Å². The summed E-state index contributed by atoms with van der Waals surface area (Å²) in [6.07, 6.45) is 0. The van der Waals surface area contributed by atoms with E-state index in [1.807, 2.05) is 12.1 Å². The molecule has 0 radical (unpaired) electrons. The fourth-order valence-electron chi connectivity index (χ4n) is 8.41. The smallest absolute Gasteiger partial charge is 0.292 e. The zero-order chi connectivity index (χ0) is 35.0. The van der Waals surface area contributed by atoms with Crippen LogP contribution < -0.4 is 5.32 Å². The molecule has 0 aliphatic heterocycles. The number of rotatable bonds is 5. The number of nitrogens with one attached hydrogen (secondary N) is 1. The minimum absolute atomic E-state index is 0.0399. The molecule has 2 bridgehead atoms. The molecule has 0 spiro atoms. The molecule has 9 rings (SSSR count). The number of nitro benzene ring substituents is 1. The van der Waals surface area contributed by atoms with Gasteiger partial charge in [-0.2, -0.15) is 0 Å². The van der Waals surface area contributed by atoms with Crippen LogP contribution in [0.2, 0.25) is 0 Å². The number of anilines is 2. The third-order valence-electron chi connectivity index (χ3n) is 10.8. The first-order valence-corrected chi connectivity index (χ1v) is 17.5. The van der Waals surface area contributed by atoms with Crippen LogP contribution in [0.3, 0.4) is 0 Å². The summed E-state index contributed by atoms with van der Waals surface area (Å²) >= 11 is 0. The summed E-state index contributed by atoms with van der Waals surface area (Å²) in [4.78, 5) is 12.1. The molecule has 4 nitrogen and oxygen atoms in total. The van der Waals surface area contributed by atoms with Gasteiger partial charge in [-0.15, -0.1) is 0 Å². The second kappa shape index (κ2) is 11.3. The fourth-order valence-corrected chi connectivity index (χ4v) is 8.41. The summed E-state index contributed by atoms with van der Waals surface area (Å²) in [5.41, 5.74) is 13.9. The van der Waals surface area contributed by atoms with Crippen molar-refractivity contribution in [1.82, 2.24) is 0 Å². The molecular weight excluding hydrogens is 613 g/mol. The van der Waals surface area contributed by atoms with Crippen molar-refractivity contribution in [3.05, 3.63) is 194 Å². The van der Waals surface area contributed by atoms with Crippen molar-refractivity contribution < 1.29 is 4.92 Å². The Kier molecular flexibility index (Phi) is 7.17. The molecule has 3 aliphatic carbocycles. The summed E-state index contributed by atoms with van der Waals surface area (Å²) in [6, 6.07) is 47.1. The van der Waals surface area contributed by atoms with Gasteiger partial charge in [-0.05, 0) is 72.5 Å². The molecule has 6 aromatic rings. The van der Waals surface area contributed by atoms with E-state index in [2.05, 4.69) is 156 Å². The molecule has 3 aliphatic rings. The van der Waals surface area contributed by atoms with E-state index in [0.29, 0.717) is 5.69 Å². The van der Waals surface area contributed by atoms with E-state index >= 15 is 0 Å². The van der Waals surface area contributed by atoms with Crippen molar-refractivity contribution >= 4 is 17.1 Å². The van der Waals surface area contributed by atoms with Crippen molar-refractivity contribution in [3.63, 3.8) is 0 Å². The van der Waals surface area contributed by atoms with Gasteiger partial charge in [0.15, 0.2) is 0 Å². The Morgan fingerprint density at radius 3 is 1.54 bits per heavy atom. The lowest BCUT2D eigenvalue weighted by atomic mass is 9.50. The molecule has 0 saturated carbocycles. The van der Waals surface area contributed by atoms with Crippen molar-refractivity contribution in [2.75, 3.05) is 5.32 Å². The Balaban J connectivity index is 1.53. The van der Waals surface area contributed by atoms with Gasteiger partial charge in [0.25, 0.3) is 5.69 Å². The molecule has 0 aromatic heterocycles. The van der Waals surface area contributed by atoms with Gasteiger partial charge >= 0.3 is 0 Å². The number of nitro groups is 1. The summed E-state index contributed by atoms with van der Waals surface area (Å²) < 4.78 is 0. The standard InChI is InChI=1S/C46H42N2O2/c1-44(2,3)30-26-29(27-31(28-30)45(4,5)6)32-19-15-23-39(43(32)47-40-24-13-14-25-41(40)48(49)50)46-36-20-10-7-16-33(36)42(34-17-8-11-21-37(34)46)35-18-9-12-22-38(35)46/h7-28,42,47H,1-6H3. The Morgan fingerprint density at radius 1 is 0.580 bits per heavy atom. The SMILES string of the molecule is CC(C)(C)c1cc(-c2cccc(C34c5ccccc5C(c5ccccc53)c3ccccc34)c2Nc2ccccc2[N+](=O)[O-])cc(C(C)(C)C)c1. The molecule has 0 heterocycles. The van der Waals surface area contributed by atoms with Crippen molar-refractivity contribution in [3.8, 4) is 11.1 Å². The average Bonchev–Trinajstić information content (AvgIpc) is 3.10. The summed E-state index contributed by atoms with van der Waals surface area (Å²) in [5.74, 6) is 0.132. The predicted molar refractivity (Wildman–Crippen MR) is 205 cm³/mol. The molecule has 0 amide bonds. The first kappa shape index (κ1) is 31.8. The summed E-state index contributed by atoms with van der Waals surface area (Å²) in [5, 5.41) is 16.2. The zero-order valence-corrected chi connectivity index (χ0v) is 29.5. The van der Waals surface area contributed by atoms with Gasteiger partial charge in [-0.25, -0.2) is 0 Å². The molecule has 0 atom stereocenters. The van der Waals surface area contributed by atoms with Gasteiger partial charge in [0.2, 0.25) is 0 Å². The fraction of sp³-hybridized carbons (Fsp3) is 0.217. The lowest BCUT2D eigenvalue weighted by Crippen LogP contribution is -2.43. The third kappa shape index (κ3) is 4.73. The highest BCUT2D eigenvalue weighted by Gasteiger charge is 2.53. The Labute approximate surface area is 295 Å². The van der Waals surface area contributed by atoms with Gasteiger partial charge in [0.05, 0.1) is 16.0 Å². The van der Waals surface area contributed by atoms with E-state index < -0.39 is 5.41 Å². The Bertz CT molecular complexity index is 2170. The van der Waals surface area contributed by atoms with Gasteiger partial charge in [-0.1, -0.05) is 163 Å². The van der Waals surface area contributed by atoms with Crippen molar-refractivity contribution in [2.45, 2.75) is 63.7 Å². The normalized spacial score (nSPS) is 17.4. The van der Waals surface area contributed by atoms with E-state index in [1.165, 1.54) is 44.5 Å². The van der Waals surface area contributed by atoms with Crippen LogP contribution in [0.1, 0.15) is 97.5 Å². The van der Waals surface area contributed by atoms with Crippen LogP contribution in [-0.2, 0) is 16.2 Å². The van der Waals surface area contributed by atoms with Crippen molar-refractivity contribution in [2.24, 2.45) is 0 Å². The Morgan fingerprint density at radius 2 is 1.04 bits per heavy atom. The van der Waals surface area contributed by atoms with Crippen LogP contribution in [0, 0.1) is 10.1 Å². The lowest BCUT2D eigenvalue weighted by molar-refractivity contribution is -0.383. The van der Waals surface area contributed by atoms with E-state index in [0.717, 1.165) is 22.4 Å². The molecular formula is C46H42N2O2. The topological polar surface area (TPSA) is 55.2 Å². The number of hydrogen-bond acceptors (Lipinski definition) is 3. The summed E-state index contributed by atoms with van der Waals surface area (Å²) in [6.45, 7) is 13.5. The van der Waals surface area contributed by atoms with Crippen LogP contribution >= 0.6 is 0 Å². The van der Waals surface area contributed by atoms with Gasteiger partial charge in [0.1, 0.15) is 5.69 Å². The average molecular weight is 655 g/mol. The summed E-state index contributed by atoms with van der Waals surface area (Å²) in [7, 11) is 0. The molecule has 0 saturated heterocycles. The zero-order valence-electron chi connectivity index (χ0n) is 29.5. The second-order valence-corrected chi connectivity index (χ2v) is 15.9. The molecule has 0 unspecified atom stereocenters. The number of nitrogens with zero attached hydrogens (tertiary/aromatic N) is 1. The van der Waals surface area contributed by atoms with Gasteiger partial charge in [-0.3, -0.25) is 10.1 Å². The predicted octanol–water partition coefficient (Wildman–Crippen LogP) is 11.8. The van der Waals surface area contributed by atoms with E-state index in [-0.39, 0.29) is 27.4 Å².